The van der Waals surface area contributed by atoms with Gasteiger partial charge in [-0.3, -0.25) is 0 Å². The molecule has 1 heterocycles. The van der Waals surface area contributed by atoms with E-state index in [0.29, 0.717) is 16.5 Å². The van der Waals surface area contributed by atoms with E-state index in [1.807, 2.05) is 0 Å². The topological polar surface area (TPSA) is 21.3 Å². The molecular formula is C18H18ClF2NO. The summed E-state index contributed by atoms with van der Waals surface area (Å²) in [4.78, 5) is 0. The molecule has 1 aliphatic heterocycles. The monoisotopic (exact) mass is 337 g/mol. The number of hydrogen-bond donors (Lipinski definition) is 1. The van der Waals surface area contributed by atoms with Gasteiger partial charge in [-0.15, -0.1) is 0 Å². The molecule has 0 spiro atoms. The van der Waals surface area contributed by atoms with Crippen molar-refractivity contribution in [2.45, 2.75) is 25.4 Å². The SMILES string of the molecule is Fc1cc(Cl)ccc1COc1cc(C2CCNCC2)ccc1F. The predicted octanol–water partition coefficient (Wildman–Crippen LogP) is 4.66. The normalized spacial score (nSPS) is 15.6. The van der Waals surface area contributed by atoms with Crippen LogP contribution < -0.4 is 10.1 Å². The van der Waals surface area contributed by atoms with E-state index in [0.717, 1.165) is 31.5 Å². The number of benzene rings is 2. The fourth-order valence-corrected chi connectivity index (χ4v) is 2.99. The molecule has 2 nitrogen and oxygen atoms in total. The summed E-state index contributed by atoms with van der Waals surface area (Å²) in [6, 6.07) is 9.32. The Bertz CT molecular complexity index is 687. The summed E-state index contributed by atoms with van der Waals surface area (Å²) in [5.41, 5.74) is 1.42. The molecule has 1 fully saturated rings. The first-order valence-corrected chi connectivity index (χ1v) is 8.08. The number of piperidine rings is 1. The lowest BCUT2D eigenvalue weighted by atomic mass is 9.90. The second-order valence-electron chi connectivity index (χ2n) is 5.74. The Morgan fingerprint density at radius 1 is 1.04 bits per heavy atom. The van der Waals surface area contributed by atoms with Gasteiger partial charge in [-0.2, -0.15) is 0 Å². The maximum absolute atomic E-state index is 14.0. The number of hydrogen-bond acceptors (Lipinski definition) is 2. The van der Waals surface area contributed by atoms with E-state index in [4.69, 9.17) is 16.3 Å². The molecule has 3 rings (SSSR count). The summed E-state index contributed by atoms with van der Waals surface area (Å²) in [6.07, 6.45) is 2.05. The van der Waals surface area contributed by atoms with Gasteiger partial charge in [0.2, 0.25) is 0 Å². The lowest BCUT2D eigenvalue weighted by Crippen LogP contribution is -2.26. The van der Waals surface area contributed by atoms with E-state index in [1.165, 1.54) is 12.1 Å². The Kier molecular flexibility index (Phi) is 5.13. The first-order chi connectivity index (χ1) is 11.1. The molecule has 5 heteroatoms. The standard InChI is InChI=1S/C18H18ClF2NO/c19-15-3-1-14(17(21)10-15)11-23-18-9-13(2-4-16(18)20)12-5-7-22-8-6-12/h1-4,9-10,12,22H,5-8,11H2. The molecule has 0 amide bonds. The van der Waals surface area contributed by atoms with Gasteiger partial charge in [-0.1, -0.05) is 23.7 Å². The highest BCUT2D eigenvalue weighted by atomic mass is 35.5. The summed E-state index contributed by atoms with van der Waals surface area (Å²) >= 11 is 5.72. The molecule has 0 aromatic heterocycles. The first kappa shape index (κ1) is 16.2. The number of halogens is 3. The van der Waals surface area contributed by atoms with E-state index < -0.39 is 11.6 Å². The maximum atomic E-state index is 14.0. The number of rotatable bonds is 4. The number of nitrogens with one attached hydrogen (secondary N) is 1. The van der Waals surface area contributed by atoms with Gasteiger partial charge in [-0.25, -0.2) is 8.78 Å². The zero-order chi connectivity index (χ0) is 16.2. The third kappa shape index (κ3) is 4.01. The van der Waals surface area contributed by atoms with Gasteiger partial charge >= 0.3 is 0 Å². The smallest absolute Gasteiger partial charge is 0.165 e. The molecule has 0 atom stereocenters. The van der Waals surface area contributed by atoms with E-state index in [2.05, 4.69) is 5.32 Å². The van der Waals surface area contributed by atoms with E-state index in [9.17, 15) is 8.78 Å². The van der Waals surface area contributed by atoms with Gasteiger partial charge in [0.05, 0.1) is 0 Å². The van der Waals surface area contributed by atoms with Crippen molar-refractivity contribution in [1.82, 2.24) is 5.32 Å². The van der Waals surface area contributed by atoms with Crippen molar-refractivity contribution >= 4 is 11.6 Å². The molecule has 0 saturated carbocycles. The Morgan fingerprint density at radius 2 is 1.83 bits per heavy atom. The molecule has 0 bridgehead atoms. The molecule has 2 aromatic carbocycles. The predicted molar refractivity (Wildman–Crippen MR) is 87.0 cm³/mol. The summed E-state index contributed by atoms with van der Waals surface area (Å²) in [7, 11) is 0. The van der Waals surface area contributed by atoms with E-state index in [-0.39, 0.29) is 12.4 Å². The van der Waals surface area contributed by atoms with Crippen LogP contribution in [-0.4, -0.2) is 13.1 Å². The quantitative estimate of drug-likeness (QED) is 0.875. The summed E-state index contributed by atoms with van der Waals surface area (Å²) < 4.78 is 33.2. The van der Waals surface area contributed by atoms with Crippen LogP contribution in [0.2, 0.25) is 5.02 Å². The molecule has 0 aliphatic carbocycles. The Morgan fingerprint density at radius 3 is 2.57 bits per heavy atom. The van der Waals surface area contributed by atoms with Crippen LogP contribution in [0, 0.1) is 11.6 Å². The largest absolute Gasteiger partial charge is 0.486 e. The van der Waals surface area contributed by atoms with Crippen molar-refractivity contribution in [2.75, 3.05) is 13.1 Å². The Balaban J connectivity index is 1.73. The fraction of sp³-hybridized carbons (Fsp3) is 0.333. The van der Waals surface area contributed by atoms with Crippen LogP contribution in [0.4, 0.5) is 8.78 Å². The highest BCUT2D eigenvalue weighted by molar-refractivity contribution is 6.30. The number of ether oxygens (including phenoxy) is 1. The van der Waals surface area contributed by atoms with Crippen LogP contribution in [0.1, 0.15) is 29.9 Å². The van der Waals surface area contributed by atoms with E-state index in [1.54, 1.807) is 24.3 Å². The molecule has 1 N–H and O–H groups in total. The van der Waals surface area contributed by atoms with Crippen LogP contribution in [0.15, 0.2) is 36.4 Å². The average Bonchev–Trinajstić information content (AvgIpc) is 2.56. The van der Waals surface area contributed by atoms with Gasteiger partial charge < -0.3 is 10.1 Å². The lowest BCUT2D eigenvalue weighted by molar-refractivity contribution is 0.284. The molecule has 122 valence electrons. The van der Waals surface area contributed by atoms with Gasteiger partial charge in [0.15, 0.2) is 11.6 Å². The molecular weight excluding hydrogens is 320 g/mol. The highest BCUT2D eigenvalue weighted by Gasteiger charge is 2.17. The summed E-state index contributed by atoms with van der Waals surface area (Å²) in [5.74, 6) is -0.314. The third-order valence-electron chi connectivity index (χ3n) is 4.16. The maximum Gasteiger partial charge on any atom is 0.165 e. The third-order valence-corrected chi connectivity index (χ3v) is 4.40. The fourth-order valence-electron chi connectivity index (χ4n) is 2.83. The van der Waals surface area contributed by atoms with Crippen LogP contribution in [0.5, 0.6) is 5.75 Å². The van der Waals surface area contributed by atoms with Crippen molar-refractivity contribution in [3.63, 3.8) is 0 Å². The van der Waals surface area contributed by atoms with Crippen molar-refractivity contribution in [3.8, 4) is 5.75 Å². The zero-order valence-electron chi connectivity index (χ0n) is 12.6. The van der Waals surface area contributed by atoms with Gasteiger partial charge in [0, 0.05) is 10.6 Å². The minimum absolute atomic E-state index is 0.0321. The zero-order valence-corrected chi connectivity index (χ0v) is 13.4. The van der Waals surface area contributed by atoms with Crippen molar-refractivity contribution in [2.24, 2.45) is 0 Å². The molecule has 2 aromatic rings. The lowest BCUT2D eigenvalue weighted by Gasteiger charge is -2.23. The minimum atomic E-state index is -0.451. The van der Waals surface area contributed by atoms with Crippen molar-refractivity contribution < 1.29 is 13.5 Å². The molecule has 23 heavy (non-hydrogen) atoms. The minimum Gasteiger partial charge on any atom is -0.486 e. The van der Waals surface area contributed by atoms with Gasteiger partial charge in [-0.05, 0) is 61.7 Å². The van der Waals surface area contributed by atoms with E-state index >= 15 is 0 Å². The van der Waals surface area contributed by atoms with Crippen molar-refractivity contribution in [1.29, 1.82) is 0 Å². The molecule has 1 aliphatic rings. The van der Waals surface area contributed by atoms with Crippen LogP contribution in [-0.2, 0) is 6.61 Å². The molecule has 0 radical (unpaired) electrons. The molecule has 1 saturated heterocycles. The second kappa shape index (κ2) is 7.28. The highest BCUT2D eigenvalue weighted by Crippen LogP contribution is 2.30. The van der Waals surface area contributed by atoms with Crippen LogP contribution in [0.25, 0.3) is 0 Å². The second-order valence-corrected chi connectivity index (χ2v) is 6.17. The van der Waals surface area contributed by atoms with Crippen molar-refractivity contribution in [3.05, 3.63) is 64.2 Å². The average molecular weight is 338 g/mol. The van der Waals surface area contributed by atoms with Crippen LogP contribution >= 0.6 is 11.6 Å². The summed E-state index contributed by atoms with van der Waals surface area (Å²) in [6.45, 7) is 1.90. The summed E-state index contributed by atoms with van der Waals surface area (Å²) in [5, 5.41) is 3.63. The first-order valence-electron chi connectivity index (χ1n) is 7.70. The van der Waals surface area contributed by atoms with Crippen LogP contribution in [0.3, 0.4) is 0 Å². The molecule has 0 unspecified atom stereocenters. The van der Waals surface area contributed by atoms with Gasteiger partial charge in [0.1, 0.15) is 12.4 Å². The van der Waals surface area contributed by atoms with Gasteiger partial charge in [0.25, 0.3) is 0 Å². The Hall–Kier alpha value is -1.65. The Labute approximate surface area is 139 Å².